The molecule has 0 spiro atoms. The van der Waals surface area contributed by atoms with Crippen LogP contribution in [-0.4, -0.2) is 52.8 Å². The van der Waals surface area contributed by atoms with E-state index >= 15 is 0 Å². The molecule has 0 N–H and O–H groups in total. The standard InChI is InChI=1S/C25H32N4O4/c1-18-24(19(2)33-26-18)13-25(30)29-11-4-5-21(15-29)17-31-23-8-6-20(7-9-23)14-28(3)16-22-10-12-32-27-22/h6-10,12,21H,4-5,11,13-17H2,1-3H3. The van der Waals surface area contributed by atoms with Gasteiger partial charge in [-0.15, -0.1) is 0 Å². The second-order valence-corrected chi connectivity index (χ2v) is 8.95. The molecule has 8 heteroatoms. The topological polar surface area (TPSA) is 84.8 Å². The zero-order valence-electron chi connectivity index (χ0n) is 19.6. The van der Waals surface area contributed by atoms with Crippen molar-refractivity contribution in [2.75, 3.05) is 26.7 Å². The summed E-state index contributed by atoms with van der Waals surface area (Å²) >= 11 is 0. The van der Waals surface area contributed by atoms with Gasteiger partial charge in [0, 0.05) is 43.7 Å². The van der Waals surface area contributed by atoms with Gasteiger partial charge < -0.3 is 18.7 Å². The molecule has 1 aromatic carbocycles. The van der Waals surface area contributed by atoms with E-state index in [2.05, 4.69) is 34.4 Å². The molecule has 4 rings (SSSR count). The van der Waals surface area contributed by atoms with Gasteiger partial charge in [-0.3, -0.25) is 9.69 Å². The van der Waals surface area contributed by atoms with Gasteiger partial charge in [0.2, 0.25) is 5.91 Å². The van der Waals surface area contributed by atoms with Gasteiger partial charge in [-0.05, 0) is 51.4 Å². The molecule has 1 fully saturated rings. The largest absolute Gasteiger partial charge is 0.493 e. The zero-order valence-corrected chi connectivity index (χ0v) is 19.6. The zero-order chi connectivity index (χ0) is 23.2. The van der Waals surface area contributed by atoms with Gasteiger partial charge in [0.1, 0.15) is 17.8 Å². The first-order valence-electron chi connectivity index (χ1n) is 11.5. The fourth-order valence-electron chi connectivity index (χ4n) is 4.31. The van der Waals surface area contributed by atoms with Crippen molar-refractivity contribution in [3.05, 3.63) is 64.9 Å². The quantitative estimate of drug-likeness (QED) is 0.488. The summed E-state index contributed by atoms with van der Waals surface area (Å²) in [6.07, 6.45) is 4.01. The highest BCUT2D eigenvalue weighted by Gasteiger charge is 2.25. The second-order valence-electron chi connectivity index (χ2n) is 8.95. The number of likely N-dealkylation sites (tertiary alicyclic amines) is 1. The molecular weight excluding hydrogens is 420 g/mol. The number of hydrogen-bond acceptors (Lipinski definition) is 7. The first-order valence-corrected chi connectivity index (χ1v) is 11.5. The van der Waals surface area contributed by atoms with Crippen molar-refractivity contribution in [3.8, 4) is 5.75 Å². The van der Waals surface area contributed by atoms with Crippen LogP contribution in [0.25, 0.3) is 0 Å². The average Bonchev–Trinajstić information content (AvgIpc) is 3.44. The Morgan fingerprint density at radius 2 is 2.00 bits per heavy atom. The number of nitrogens with zero attached hydrogens (tertiary/aromatic N) is 4. The van der Waals surface area contributed by atoms with E-state index in [0.717, 1.165) is 67.5 Å². The first kappa shape index (κ1) is 23.0. The number of rotatable bonds is 9. The summed E-state index contributed by atoms with van der Waals surface area (Å²) in [7, 11) is 2.06. The third kappa shape index (κ3) is 6.22. The van der Waals surface area contributed by atoms with Crippen molar-refractivity contribution in [3.63, 3.8) is 0 Å². The molecule has 0 bridgehead atoms. The molecule has 0 saturated carbocycles. The molecule has 3 aromatic rings. The maximum atomic E-state index is 12.8. The molecule has 8 nitrogen and oxygen atoms in total. The van der Waals surface area contributed by atoms with Gasteiger partial charge >= 0.3 is 0 Å². The number of carbonyl (C=O) groups is 1. The highest BCUT2D eigenvalue weighted by atomic mass is 16.5. The Balaban J connectivity index is 1.23. The number of benzene rings is 1. The average molecular weight is 453 g/mol. The summed E-state index contributed by atoms with van der Waals surface area (Å²) < 4.78 is 16.1. The number of carbonyl (C=O) groups excluding carboxylic acids is 1. The van der Waals surface area contributed by atoms with Crippen LogP contribution in [0.1, 0.15) is 41.1 Å². The highest BCUT2D eigenvalue weighted by Crippen LogP contribution is 2.22. The fourth-order valence-corrected chi connectivity index (χ4v) is 4.31. The van der Waals surface area contributed by atoms with Gasteiger partial charge in [0.05, 0.1) is 24.4 Å². The van der Waals surface area contributed by atoms with E-state index in [1.807, 2.05) is 36.9 Å². The number of piperidine rings is 1. The molecule has 33 heavy (non-hydrogen) atoms. The molecule has 1 aliphatic heterocycles. The smallest absolute Gasteiger partial charge is 0.227 e. The van der Waals surface area contributed by atoms with Crippen molar-refractivity contribution >= 4 is 5.91 Å². The molecule has 0 aliphatic carbocycles. The normalized spacial score (nSPS) is 16.4. The molecule has 1 atom stereocenters. The maximum Gasteiger partial charge on any atom is 0.227 e. The lowest BCUT2D eigenvalue weighted by Gasteiger charge is -2.32. The van der Waals surface area contributed by atoms with Gasteiger partial charge in [-0.2, -0.15) is 0 Å². The van der Waals surface area contributed by atoms with Crippen molar-refractivity contribution in [2.45, 2.75) is 46.2 Å². The van der Waals surface area contributed by atoms with Crippen LogP contribution in [-0.2, 0) is 24.3 Å². The third-order valence-corrected chi connectivity index (χ3v) is 6.17. The Morgan fingerprint density at radius 3 is 2.70 bits per heavy atom. The van der Waals surface area contributed by atoms with Crippen molar-refractivity contribution in [2.24, 2.45) is 5.92 Å². The van der Waals surface area contributed by atoms with E-state index in [-0.39, 0.29) is 5.91 Å². The number of ether oxygens (including phenoxy) is 1. The number of aryl methyl sites for hydroxylation is 2. The van der Waals surface area contributed by atoms with Gasteiger partial charge in [-0.1, -0.05) is 22.4 Å². The highest BCUT2D eigenvalue weighted by molar-refractivity contribution is 5.79. The number of aromatic nitrogens is 2. The van der Waals surface area contributed by atoms with Crippen molar-refractivity contribution in [1.82, 2.24) is 20.1 Å². The predicted molar refractivity (Wildman–Crippen MR) is 123 cm³/mol. The predicted octanol–water partition coefficient (Wildman–Crippen LogP) is 3.77. The van der Waals surface area contributed by atoms with Crippen LogP contribution in [0.4, 0.5) is 0 Å². The minimum atomic E-state index is 0.133. The molecule has 2 aromatic heterocycles. The summed E-state index contributed by atoms with van der Waals surface area (Å²) in [4.78, 5) is 17.0. The molecule has 3 heterocycles. The molecule has 1 unspecified atom stereocenters. The fraction of sp³-hybridized carbons (Fsp3) is 0.480. The van der Waals surface area contributed by atoms with Crippen LogP contribution in [0.5, 0.6) is 5.75 Å². The summed E-state index contributed by atoms with van der Waals surface area (Å²) in [5, 5.41) is 7.91. The van der Waals surface area contributed by atoms with E-state index in [0.29, 0.717) is 18.9 Å². The summed E-state index contributed by atoms with van der Waals surface area (Å²) in [6, 6.07) is 10.1. The molecule has 1 saturated heterocycles. The molecule has 1 amide bonds. The van der Waals surface area contributed by atoms with Crippen LogP contribution < -0.4 is 4.74 Å². The minimum Gasteiger partial charge on any atom is -0.493 e. The van der Waals surface area contributed by atoms with E-state index in [1.54, 1.807) is 6.26 Å². The lowest BCUT2D eigenvalue weighted by Crippen LogP contribution is -2.42. The van der Waals surface area contributed by atoms with Crippen molar-refractivity contribution in [1.29, 1.82) is 0 Å². The maximum absolute atomic E-state index is 12.8. The van der Waals surface area contributed by atoms with Crippen LogP contribution in [0.15, 0.2) is 45.6 Å². The Kier molecular flexibility index (Phi) is 7.44. The third-order valence-electron chi connectivity index (χ3n) is 6.17. The Labute approximate surface area is 194 Å². The lowest BCUT2D eigenvalue weighted by molar-refractivity contribution is -0.132. The van der Waals surface area contributed by atoms with Crippen LogP contribution >= 0.6 is 0 Å². The lowest BCUT2D eigenvalue weighted by atomic mass is 9.98. The number of amides is 1. The monoisotopic (exact) mass is 452 g/mol. The van der Waals surface area contributed by atoms with Crippen LogP contribution in [0.2, 0.25) is 0 Å². The first-order chi connectivity index (χ1) is 16.0. The minimum absolute atomic E-state index is 0.133. The Morgan fingerprint density at radius 1 is 1.18 bits per heavy atom. The molecule has 0 radical (unpaired) electrons. The molecular formula is C25H32N4O4. The Hall–Kier alpha value is -3.13. The van der Waals surface area contributed by atoms with E-state index in [1.165, 1.54) is 5.56 Å². The van der Waals surface area contributed by atoms with E-state index in [9.17, 15) is 4.79 Å². The molecule has 176 valence electrons. The van der Waals surface area contributed by atoms with Crippen LogP contribution in [0, 0.1) is 19.8 Å². The van der Waals surface area contributed by atoms with Gasteiger partial charge in [0.25, 0.3) is 0 Å². The second kappa shape index (κ2) is 10.7. The van der Waals surface area contributed by atoms with Gasteiger partial charge in [0.15, 0.2) is 0 Å². The van der Waals surface area contributed by atoms with E-state index < -0.39 is 0 Å². The van der Waals surface area contributed by atoms with Crippen LogP contribution in [0.3, 0.4) is 0 Å². The summed E-state index contributed by atoms with van der Waals surface area (Å²) in [5.41, 5.74) is 3.84. The Bertz CT molecular complexity index is 1010. The SMILES string of the molecule is Cc1noc(C)c1CC(=O)N1CCCC(COc2ccc(CN(C)Cc3ccon3)cc2)C1. The summed E-state index contributed by atoms with van der Waals surface area (Å²) in [5.74, 6) is 2.05. The molecule has 1 aliphatic rings. The van der Waals surface area contributed by atoms with Gasteiger partial charge in [-0.25, -0.2) is 0 Å². The summed E-state index contributed by atoms with van der Waals surface area (Å²) in [6.45, 7) is 7.43. The number of hydrogen-bond donors (Lipinski definition) is 0. The van der Waals surface area contributed by atoms with E-state index in [4.69, 9.17) is 13.8 Å². The van der Waals surface area contributed by atoms with Crippen molar-refractivity contribution < 1.29 is 18.6 Å².